The highest BCUT2D eigenvalue weighted by Gasteiger charge is 2.56. The maximum atomic E-state index is 13.1. The molecule has 5 aromatic carbocycles. The number of benzene rings is 5. The summed E-state index contributed by atoms with van der Waals surface area (Å²) in [5.74, 6) is 2.86. The molecule has 114 heavy (non-hydrogen) atoms. The molecule has 7 aliphatic carbocycles. The Hall–Kier alpha value is -7.38. The van der Waals surface area contributed by atoms with Crippen LogP contribution >= 0.6 is 0 Å². The monoisotopic (exact) mass is 1550 g/mol. The van der Waals surface area contributed by atoms with Crippen molar-refractivity contribution in [2.75, 3.05) is 79.2 Å². The predicted molar refractivity (Wildman–Crippen MR) is 457 cm³/mol. The van der Waals surface area contributed by atoms with Crippen LogP contribution in [0.3, 0.4) is 0 Å². The molecule has 5 aromatic rings. The van der Waals surface area contributed by atoms with Crippen LogP contribution in [0, 0.1) is 46.8 Å². The van der Waals surface area contributed by atoms with Gasteiger partial charge in [-0.1, -0.05) is 138 Å². The molecule has 10 bridgehead atoms. The van der Waals surface area contributed by atoms with E-state index in [1.807, 2.05) is 42.5 Å². The number of nitrogens with two attached hydrogens (primary N) is 5. The summed E-state index contributed by atoms with van der Waals surface area (Å²) in [5.41, 5.74) is 45.6. The van der Waals surface area contributed by atoms with Crippen molar-refractivity contribution in [1.29, 1.82) is 0 Å². The van der Waals surface area contributed by atoms with Crippen molar-refractivity contribution in [3.63, 3.8) is 0 Å². The van der Waals surface area contributed by atoms with Crippen LogP contribution in [-0.2, 0) is 57.5 Å². The second-order valence-corrected chi connectivity index (χ2v) is 39.8. The van der Waals surface area contributed by atoms with Gasteiger partial charge in [0.05, 0.1) is 12.6 Å². The third kappa shape index (κ3) is 16.3. The number of carbonyl (C=O) groups excluding carboxylic acids is 6. The van der Waals surface area contributed by atoms with Crippen LogP contribution in [0.4, 0.5) is 0 Å². The molecule has 2 saturated carbocycles. The van der Waals surface area contributed by atoms with Crippen LogP contribution < -0.4 is 28.7 Å². The molecule has 12 aliphatic rings. The molecule has 17 heteroatoms. The summed E-state index contributed by atoms with van der Waals surface area (Å²) in [4.78, 5) is 83.9. The summed E-state index contributed by atoms with van der Waals surface area (Å²) in [6, 6.07) is 32.0. The fourth-order valence-electron chi connectivity index (χ4n) is 23.1. The second kappa shape index (κ2) is 32.8. The maximum absolute atomic E-state index is 13.1. The molecule has 17 rings (SSSR count). The lowest BCUT2D eigenvalue weighted by Crippen LogP contribution is -2.61. The van der Waals surface area contributed by atoms with E-state index in [1.54, 1.807) is 13.2 Å². The lowest BCUT2D eigenvalue weighted by molar-refractivity contribution is 0.0114. The minimum Gasteiger partial charge on any atom is -0.383 e. The lowest BCUT2D eigenvalue weighted by Gasteiger charge is -2.55. The first-order chi connectivity index (χ1) is 53.8. The average Bonchev–Trinajstić information content (AvgIpc) is 0.882. The fraction of sp³-hybridized carbons (Fsp3) is 0.608. The molecule has 7 fully saturated rings. The van der Waals surface area contributed by atoms with Crippen LogP contribution in [0.15, 0.2) is 103 Å². The van der Waals surface area contributed by atoms with E-state index >= 15 is 0 Å². The molecule has 17 nitrogen and oxygen atoms in total. The van der Waals surface area contributed by atoms with Crippen molar-refractivity contribution in [3.8, 4) is 0 Å². The molecule has 0 aromatic heterocycles. The van der Waals surface area contributed by atoms with Crippen LogP contribution in [0.25, 0.3) is 0 Å². The molecule has 2 unspecified atom stereocenters. The zero-order chi connectivity index (χ0) is 82.2. The molecule has 5 heterocycles. The van der Waals surface area contributed by atoms with Gasteiger partial charge in [-0.3, -0.25) is 53.3 Å². The zero-order valence-corrected chi connectivity index (χ0v) is 71.8. The third-order valence-corrected chi connectivity index (χ3v) is 31.8. The number of hydrogen-bond donors (Lipinski definition) is 5. The number of methoxy groups -OCH3 is 1. The van der Waals surface area contributed by atoms with Crippen LogP contribution in [0.2, 0.25) is 0 Å². The van der Waals surface area contributed by atoms with Gasteiger partial charge in [0.1, 0.15) is 0 Å². The van der Waals surface area contributed by atoms with Crippen molar-refractivity contribution in [1.82, 2.24) is 24.5 Å². The number of carbonyl (C=O) groups is 6. The number of amides is 5. The number of allylic oxidation sites excluding steroid dienone is 1. The highest BCUT2D eigenvalue weighted by atomic mass is 16.5. The molecule has 10 N–H and O–H groups in total. The van der Waals surface area contributed by atoms with E-state index in [4.69, 9.17) is 33.4 Å². The number of ketones is 1. The number of fused-ring (bicyclic) bond motifs is 20. The number of nitrogens with zero attached hydrogens (tertiary/aromatic N) is 5. The number of likely N-dealkylation sites (tertiary alicyclic amines) is 5. The van der Waals surface area contributed by atoms with Crippen molar-refractivity contribution in [3.05, 3.63) is 186 Å². The highest BCUT2D eigenvalue weighted by Crippen LogP contribution is 2.55. The number of primary amides is 5. The van der Waals surface area contributed by atoms with Gasteiger partial charge >= 0.3 is 0 Å². The molecule has 5 saturated heterocycles. The van der Waals surface area contributed by atoms with E-state index in [0.29, 0.717) is 81.1 Å². The molecule has 616 valence electrons. The smallest absolute Gasteiger partial charge is 0.248 e. The Morgan fingerprint density at radius 1 is 0.439 bits per heavy atom. The summed E-state index contributed by atoms with van der Waals surface area (Å²) in [6.07, 6.45) is 19.2. The minimum atomic E-state index is -0.426. The summed E-state index contributed by atoms with van der Waals surface area (Å²) in [6.45, 7) is 46.6. The van der Waals surface area contributed by atoms with Crippen LogP contribution in [0.5, 0.6) is 0 Å². The zero-order valence-electron chi connectivity index (χ0n) is 71.8. The van der Waals surface area contributed by atoms with Gasteiger partial charge in [0, 0.05) is 97.4 Å². The first kappa shape index (κ1) is 84.5. The van der Waals surface area contributed by atoms with E-state index in [1.165, 1.54) is 102 Å². The average molecular weight is 1550 g/mol. The first-order valence-corrected chi connectivity index (χ1v) is 43.4. The molecule has 15 atom stereocenters. The Labute approximate surface area is 681 Å². The van der Waals surface area contributed by atoms with Gasteiger partial charge < -0.3 is 33.4 Å². The SMILES string of the molecule is CC(C)=CCN1CC[C@]2(C)c3cc(C(N)=O)ccc3CC1[C@@H]2C.COCCN1CC[C@@]2(C)c3cc(C(N)=O)ccc3C[C@@H]1[C@@H]2C.C[C@H]1C2C(=O)c3ccc(C(N)=O)cc3[C@@]1(C)CCN2CC1CC1.C[C@H]1[C@H]2Cc3ccc(C(N)=O)cc3[C@]1(C)CCN2CC(C)(C)C.C[C@H]1[C@H]2Cc3ccc(C(N)=O)cc3[C@]1(C)CCN2CC1CCC1. The number of ether oxygens (including phenoxy) is 1. The Kier molecular flexibility index (Phi) is 24.4. The molecular formula is C97H136N10O7. The van der Waals surface area contributed by atoms with Crippen molar-refractivity contribution in [2.45, 2.75) is 251 Å². The molecular weight excluding hydrogens is 1420 g/mol. The van der Waals surface area contributed by atoms with Gasteiger partial charge in [0.15, 0.2) is 5.78 Å². The Bertz CT molecular complexity index is 4510. The van der Waals surface area contributed by atoms with Gasteiger partial charge in [0.25, 0.3) is 0 Å². The van der Waals surface area contributed by atoms with E-state index in [-0.39, 0.29) is 68.4 Å². The van der Waals surface area contributed by atoms with Gasteiger partial charge in [0.2, 0.25) is 29.5 Å². The van der Waals surface area contributed by atoms with Gasteiger partial charge in [-0.2, -0.15) is 0 Å². The third-order valence-electron chi connectivity index (χ3n) is 31.8. The van der Waals surface area contributed by atoms with Crippen molar-refractivity contribution < 1.29 is 33.5 Å². The fourth-order valence-corrected chi connectivity index (χ4v) is 23.1. The number of Topliss-reactive ketones (excluding diaryl/α,β-unsaturated/α-hetero) is 1. The van der Waals surface area contributed by atoms with Crippen LogP contribution in [-0.4, -0.2) is 169 Å². The summed E-state index contributed by atoms with van der Waals surface area (Å²) in [7, 11) is 1.76. The number of piperidine rings is 5. The van der Waals surface area contributed by atoms with Gasteiger partial charge in [-0.25, -0.2) is 0 Å². The lowest BCUT2D eigenvalue weighted by atomic mass is 9.58. The Morgan fingerprint density at radius 2 is 0.763 bits per heavy atom. The topological polar surface area (TPSA) is 258 Å². The van der Waals surface area contributed by atoms with E-state index in [2.05, 4.69) is 177 Å². The van der Waals surface area contributed by atoms with Gasteiger partial charge in [-0.05, 0) is 315 Å². The van der Waals surface area contributed by atoms with E-state index in [9.17, 15) is 28.8 Å². The number of hydrogen-bond acceptors (Lipinski definition) is 12. The second-order valence-electron chi connectivity index (χ2n) is 39.8. The molecule has 0 spiro atoms. The first-order valence-electron chi connectivity index (χ1n) is 43.4. The maximum Gasteiger partial charge on any atom is 0.248 e. The van der Waals surface area contributed by atoms with Crippen LogP contribution in [0.1, 0.15) is 280 Å². The summed E-state index contributed by atoms with van der Waals surface area (Å²) >= 11 is 0. The minimum absolute atomic E-state index is 0.0127. The highest BCUT2D eigenvalue weighted by molar-refractivity contribution is 6.05. The van der Waals surface area contributed by atoms with Crippen molar-refractivity contribution in [2.24, 2.45) is 75.5 Å². The summed E-state index contributed by atoms with van der Waals surface area (Å²) < 4.78 is 5.26. The standard InChI is InChI=1S/C20H28N2O.C20H30N2O.C20H28N2O.C19H24N2O2.C18H26N2O2/c1-13-18-11-15-6-7-16(19(21)23)10-17(15)20(13,2)8-9-22(18)12-14-4-3-5-14;1-13-17-11-14-6-7-15(18(21)23)10-16(14)20(13,5)8-9-22(17)12-19(2,3)4;1-13(2)7-9-22-10-8-20(4)14(3)18(22)12-15-5-6-16(19(21)23)11-17(15)20;1-11-16-17(22)14-6-5-13(18(20)23)9-15(14)19(11,2)7-8-21(16)10-12-3-4-12;1-12-16-11-13-4-5-14(17(19)21)10-15(13)18(12,2)6-7-20(16)8-9-22-3/h6-7,10,13-14,18H,3-5,8-9,11-12H2,1-2H3,(H2,21,23);6-7,10,13,17H,8-9,11-12H2,1-5H3,(H2,21,23);5-7,11,14,18H,8-10,12H2,1-4H3,(H2,21,23);5-6,9,11-12,16H,3-4,7-8,10H2,1-2H3,(H2,20,23);4-5,10,12,16H,6-9,11H2,1-3H3,(H2,19,21)/t13-,18+,20+;13-,17+,20+;14-,18?,20-;11-,16?,19-;12-,16+,18+/m00000/s1. The summed E-state index contributed by atoms with van der Waals surface area (Å²) in [5, 5.41) is 0. The molecule has 0 radical (unpaired) electrons. The van der Waals surface area contributed by atoms with Crippen molar-refractivity contribution >= 4 is 35.3 Å². The predicted octanol–water partition coefficient (Wildman–Crippen LogP) is 14.1. The quantitative estimate of drug-likeness (QED) is 0.0613. The number of rotatable bonds is 15. The van der Waals surface area contributed by atoms with E-state index in [0.717, 1.165) is 133 Å². The van der Waals surface area contributed by atoms with Gasteiger partial charge in [-0.15, -0.1) is 0 Å². The Balaban J connectivity index is 0.000000124. The van der Waals surface area contributed by atoms with E-state index < -0.39 is 5.91 Å². The Morgan fingerprint density at radius 3 is 1.13 bits per heavy atom. The molecule has 5 amide bonds. The largest absolute Gasteiger partial charge is 0.383 e. The molecule has 5 aliphatic heterocycles. The normalized spacial score (nSPS) is 31.7.